The van der Waals surface area contributed by atoms with E-state index in [1.54, 1.807) is 5.32 Å². The predicted molar refractivity (Wildman–Crippen MR) is 49.9 cm³/mol. The van der Waals surface area contributed by atoms with Crippen molar-refractivity contribution in [2.75, 3.05) is 5.32 Å². The van der Waals surface area contributed by atoms with E-state index in [2.05, 4.69) is 5.16 Å². The van der Waals surface area contributed by atoms with Crippen molar-refractivity contribution in [1.82, 2.24) is 5.16 Å². The zero-order valence-electron chi connectivity index (χ0n) is 8.97. The fourth-order valence-corrected chi connectivity index (χ4v) is 0.875. The highest BCUT2D eigenvalue weighted by molar-refractivity contribution is 5.94. The number of halogens is 3. The normalized spacial score (nSPS) is 12.6. The lowest BCUT2D eigenvalue weighted by molar-refractivity contribution is -0.167. The zero-order valence-corrected chi connectivity index (χ0v) is 8.97. The van der Waals surface area contributed by atoms with Crippen LogP contribution in [0.2, 0.25) is 0 Å². The lowest BCUT2D eigenvalue weighted by Crippen LogP contribution is -2.30. The Bertz CT molecular complexity index is 390. The van der Waals surface area contributed by atoms with E-state index in [1.807, 2.05) is 20.8 Å². The standard InChI is InChI=1S/C9H11F3N2O2/c1-8(2,3)5-4-6(14-16-5)13-7(15)9(10,11)12/h4H,1-3H3,(H,13,14,15). The topological polar surface area (TPSA) is 55.1 Å². The van der Waals surface area contributed by atoms with Gasteiger partial charge in [-0.05, 0) is 0 Å². The second kappa shape index (κ2) is 3.80. The molecule has 7 heteroatoms. The molecule has 0 unspecified atom stereocenters. The van der Waals surface area contributed by atoms with Crippen LogP contribution in [-0.2, 0) is 10.2 Å². The Morgan fingerprint density at radius 2 is 1.94 bits per heavy atom. The first-order valence-corrected chi connectivity index (χ1v) is 4.46. The first-order chi connectivity index (χ1) is 7.10. The number of carbonyl (C=O) groups excluding carboxylic acids is 1. The SMILES string of the molecule is CC(C)(C)c1cc(NC(=O)C(F)(F)F)no1. The van der Waals surface area contributed by atoms with Gasteiger partial charge in [-0.15, -0.1) is 0 Å². The third-order valence-electron chi connectivity index (χ3n) is 1.75. The van der Waals surface area contributed by atoms with Gasteiger partial charge >= 0.3 is 12.1 Å². The number of hydrogen-bond donors (Lipinski definition) is 1. The van der Waals surface area contributed by atoms with Crippen molar-refractivity contribution in [2.45, 2.75) is 32.4 Å². The number of carbonyl (C=O) groups is 1. The van der Waals surface area contributed by atoms with E-state index < -0.39 is 12.1 Å². The molecule has 16 heavy (non-hydrogen) atoms. The molecule has 0 saturated carbocycles. The maximum absolute atomic E-state index is 11.9. The van der Waals surface area contributed by atoms with Gasteiger partial charge in [-0.25, -0.2) is 0 Å². The molecule has 1 N–H and O–H groups in total. The molecule has 4 nitrogen and oxygen atoms in total. The van der Waals surface area contributed by atoms with Crippen LogP contribution in [-0.4, -0.2) is 17.2 Å². The summed E-state index contributed by atoms with van der Waals surface area (Å²) in [6.45, 7) is 5.43. The van der Waals surface area contributed by atoms with E-state index in [0.717, 1.165) is 0 Å². The Morgan fingerprint density at radius 1 is 1.38 bits per heavy atom. The number of nitrogens with one attached hydrogen (secondary N) is 1. The van der Waals surface area contributed by atoms with Crippen LogP contribution in [0.4, 0.5) is 19.0 Å². The van der Waals surface area contributed by atoms with Gasteiger partial charge in [-0.2, -0.15) is 13.2 Å². The van der Waals surface area contributed by atoms with E-state index in [0.29, 0.717) is 5.76 Å². The maximum atomic E-state index is 11.9. The largest absolute Gasteiger partial charge is 0.471 e. The van der Waals surface area contributed by atoms with Crippen LogP contribution in [0.5, 0.6) is 0 Å². The molecule has 0 spiro atoms. The van der Waals surface area contributed by atoms with E-state index in [9.17, 15) is 18.0 Å². The highest BCUT2D eigenvalue weighted by Crippen LogP contribution is 2.25. The third kappa shape index (κ3) is 2.98. The summed E-state index contributed by atoms with van der Waals surface area (Å²) in [5.74, 6) is -1.92. The summed E-state index contributed by atoms with van der Waals surface area (Å²) in [5, 5.41) is 4.93. The molecule has 1 aromatic heterocycles. The van der Waals surface area contributed by atoms with Gasteiger partial charge in [0, 0.05) is 11.5 Å². The molecule has 1 rings (SSSR count). The Hall–Kier alpha value is -1.53. The molecule has 0 aromatic carbocycles. The fraction of sp³-hybridized carbons (Fsp3) is 0.556. The predicted octanol–water partition coefficient (Wildman–Crippen LogP) is 2.47. The average Bonchev–Trinajstić information content (AvgIpc) is 2.49. The molecular formula is C9H11F3N2O2. The van der Waals surface area contributed by atoms with Crippen molar-refractivity contribution < 1.29 is 22.5 Å². The summed E-state index contributed by atoms with van der Waals surface area (Å²) in [5.41, 5.74) is -0.381. The molecule has 0 aliphatic carbocycles. The van der Waals surface area contributed by atoms with Crippen molar-refractivity contribution in [3.05, 3.63) is 11.8 Å². The summed E-state index contributed by atoms with van der Waals surface area (Å²) in [7, 11) is 0. The molecule has 0 atom stereocenters. The monoisotopic (exact) mass is 236 g/mol. The fourth-order valence-electron chi connectivity index (χ4n) is 0.875. The first-order valence-electron chi connectivity index (χ1n) is 4.46. The van der Waals surface area contributed by atoms with E-state index in [4.69, 9.17) is 4.52 Å². The van der Waals surface area contributed by atoms with E-state index in [-0.39, 0.29) is 11.2 Å². The van der Waals surface area contributed by atoms with Crippen molar-refractivity contribution >= 4 is 11.7 Å². The summed E-state index contributed by atoms with van der Waals surface area (Å²) < 4.78 is 40.5. The Labute approximate surface area is 89.8 Å². The van der Waals surface area contributed by atoms with Crippen LogP contribution in [0.25, 0.3) is 0 Å². The molecule has 1 amide bonds. The van der Waals surface area contributed by atoms with Crippen molar-refractivity contribution in [1.29, 1.82) is 0 Å². The quantitative estimate of drug-likeness (QED) is 0.814. The molecule has 1 heterocycles. The molecule has 0 fully saturated rings. The maximum Gasteiger partial charge on any atom is 0.471 e. The van der Waals surface area contributed by atoms with Gasteiger partial charge in [-0.1, -0.05) is 25.9 Å². The summed E-state index contributed by atoms with van der Waals surface area (Å²) in [6.07, 6.45) is -4.93. The highest BCUT2D eigenvalue weighted by Gasteiger charge is 2.39. The Kier molecular flexibility index (Phi) is 2.98. The number of amides is 1. The minimum Gasteiger partial charge on any atom is -0.359 e. The van der Waals surface area contributed by atoms with Gasteiger partial charge < -0.3 is 4.52 Å². The number of anilines is 1. The molecule has 0 aliphatic rings. The van der Waals surface area contributed by atoms with E-state index in [1.165, 1.54) is 6.07 Å². The second-order valence-corrected chi connectivity index (χ2v) is 4.28. The van der Waals surface area contributed by atoms with Crippen molar-refractivity contribution in [3.63, 3.8) is 0 Å². The number of alkyl halides is 3. The van der Waals surface area contributed by atoms with Crippen LogP contribution < -0.4 is 5.32 Å². The number of aromatic nitrogens is 1. The molecule has 0 saturated heterocycles. The first kappa shape index (κ1) is 12.5. The van der Waals surface area contributed by atoms with Gasteiger partial charge in [0.15, 0.2) is 5.82 Å². The minimum atomic E-state index is -4.93. The van der Waals surface area contributed by atoms with E-state index >= 15 is 0 Å². The van der Waals surface area contributed by atoms with Crippen LogP contribution in [0.1, 0.15) is 26.5 Å². The number of hydrogen-bond acceptors (Lipinski definition) is 3. The molecule has 0 aliphatic heterocycles. The van der Waals surface area contributed by atoms with Crippen LogP contribution in [0.3, 0.4) is 0 Å². The number of nitrogens with zero attached hydrogens (tertiary/aromatic N) is 1. The van der Waals surface area contributed by atoms with Crippen molar-refractivity contribution in [2.24, 2.45) is 0 Å². The molecular weight excluding hydrogens is 225 g/mol. The van der Waals surface area contributed by atoms with Gasteiger partial charge in [0.05, 0.1) is 0 Å². The zero-order chi connectivity index (χ0) is 12.6. The minimum absolute atomic E-state index is 0.243. The molecule has 0 radical (unpaired) electrons. The summed E-state index contributed by atoms with van der Waals surface area (Å²) in [4.78, 5) is 10.6. The average molecular weight is 236 g/mol. The van der Waals surface area contributed by atoms with Crippen LogP contribution in [0, 0.1) is 0 Å². The van der Waals surface area contributed by atoms with Crippen LogP contribution in [0.15, 0.2) is 10.6 Å². The van der Waals surface area contributed by atoms with Gasteiger partial charge in [0.25, 0.3) is 0 Å². The summed E-state index contributed by atoms with van der Waals surface area (Å²) in [6, 6.07) is 1.27. The molecule has 1 aromatic rings. The lowest BCUT2D eigenvalue weighted by atomic mass is 9.93. The van der Waals surface area contributed by atoms with Crippen molar-refractivity contribution in [3.8, 4) is 0 Å². The lowest BCUT2D eigenvalue weighted by Gasteiger charge is -2.12. The Morgan fingerprint density at radius 3 is 2.31 bits per heavy atom. The second-order valence-electron chi connectivity index (χ2n) is 4.28. The Balaban J connectivity index is 2.78. The summed E-state index contributed by atoms with van der Waals surface area (Å²) >= 11 is 0. The van der Waals surface area contributed by atoms with Gasteiger partial charge in [0.2, 0.25) is 0 Å². The highest BCUT2D eigenvalue weighted by atomic mass is 19.4. The molecule has 90 valence electrons. The molecule has 0 bridgehead atoms. The third-order valence-corrected chi connectivity index (χ3v) is 1.75. The smallest absolute Gasteiger partial charge is 0.359 e. The van der Waals surface area contributed by atoms with Gasteiger partial charge in [-0.3, -0.25) is 10.1 Å². The van der Waals surface area contributed by atoms with Gasteiger partial charge in [0.1, 0.15) is 5.76 Å². The number of rotatable bonds is 1. The van der Waals surface area contributed by atoms with Crippen LogP contribution >= 0.6 is 0 Å².